The highest BCUT2D eigenvalue weighted by atomic mass is 19.4. The Morgan fingerprint density at radius 1 is 0.554 bits per heavy atom. The maximum Gasteiger partial charge on any atom is 0.433 e. The van der Waals surface area contributed by atoms with Crippen molar-refractivity contribution >= 4 is 85.3 Å². The standard InChI is InChI=1S/C33H36F3N5O7.C21H18F3N5O4.C8H14O3/c1-16(2)29(42)40-27-21-11-12-41(28(21)38-15-37-27)30-26(48-32(44)18(5)6)25(47-31(43)17(3)4)23(46-30)14-45-20-9-7-19-8-10-24(33(34,35)36)39-22(19)13-20;22-21(23,24)15-4-2-10-1-3-11(7-13(10)28-15)32-8-14-16(30)17(31)20(33-14)29-6-5-12-18(25)26-9-27-19(12)29;1-5(2)7(9)11-8(10)6(3)4/h7-13,15-18,23,25-26,30H,14H2,1-6H3,(H,37,38,40,42);1-7,9,14,16-17,20,30-31H,8H2,(H2,25,26,27);5-6H,1-4H3/t23-,25-,26-,30-;14-,16-,17-,20-;/m11./s1. The Labute approximate surface area is 521 Å². The third kappa shape index (κ3) is 16.1. The number of hydrogen-bond donors (Lipinski definition) is 4. The van der Waals surface area contributed by atoms with Crippen LogP contribution in [0.25, 0.3) is 43.9 Å². The predicted molar refractivity (Wildman–Crippen MR) is 317 cm³/mol. The van der Waals surface area contributed by atoms with Crippen LogP contribution in [0.5, 0.6) is 11.5 Å². The fourth-order valence-corrected chi connectivity index (χ4v) is 9.08. The van der Waals surface area contributed by atoms with Gasteiger partial charge in [-0.05, 0) is 48.5 Å². The average molecular weight is 1290 g/mol. The number of nitrogen functional groups attached to an aromatic ring is 1. The van der Waals surface area contributed by atoms with E-state index >= 15 is 0 Å². The molecule has 30 heteroatoms. The van der Waals surface area contributed by atoms with Gasteiger partial charge in [-0.1, -0.05) is 81.4 Å². The van der Waals surface area contributed by atoms with Crippen molar-refractivity contribution in [3.8, 4) is 11.5 Å². The third-order valence-electron chi connectivity index (χ3n) is 14.3. The molecule has 0 spiro atoms. The Morgan fingerprint density at radius 3 is 1.50 bits per heavy atom. The molecule has 10 rings (SSSR count). The second kappa shape index (κ2) is 28.6. The summed E-state index contributed by atoms with van der Waals surface area (Å²) < 4.78 is 122. The monoisotopic (exact) mass is 1290 g/mol. The van der Waals surface area contributed by atoms with Gasteiger partial charge in [0, 0.05) is 41.2 Å². The maximum atomic E-state index is 13.3. The molecule has 0 saturated carbocycles. The van der Waals surface area contributed by atoms with Crippen molar-refractivity contribution < 1.29 is 93.7 Å². The summed E-state index contributed by atoms with van der Waals surface area (Å²) in [6.45, 7) is 16.5. The van der Waals surface area contributed by atoms with E-state index in [1.807, 2.05) is 0 Å². The summed E-state index contributed by atoms with van der Waals surface area (Å²) in [7, 11) is 0. The number of hydrogen-bond acceptors (Lipinski definition) is 21. The maximum absolute atomic E-state index is 13.3. The van der Waals surface area contributed by atoms with Crippen molar-refractivity contribution in [2.75, 3.05) is 24.3 Å². The minimum atomic E-state index is -4.62. The number of esters is 4. The number of aromatic nitrogens is 8. The molecule has 1 amide bonds. The van der Waals surface area contributed by atoms with E-state index in [1.54, 1.807) is 127 Å². The van der Waals surface area contributed by atoms with Crippen LogP contribution in [0.4, 0.5) is 38.0 Å². The first-order valence-electron chi connectivity index (χ1n) is 29.1. The molecule has 24 nitrogen and oxygen atoms in total. The molecule has 2 saturated heterocycles. The lowest BCUT2D eigenvalue weighted by Gasteiger charge is -2.26. The molecule has 2 aliphatic rings. The lowest BCUT2D eigenvalue weighted by Crippen LogP contribution is -2.42. The number of aliphatic hydroxyl groups excluding tert-OH is 2. The van der Waals surface area contributed by atoms with Crippen LogP contribution in [0.3, 0.4) is 0 Å². The molecule has 92 heavy (non-hydrogen) atoms. The summed E-state index contributed by atoms with van der Waals surface area (Å²) in [4.78, 5) is 84.0. The number of aliphatic hydroxyl groups is 2. The van der Waals surface area contributed by atoms with Crippen LogP contribution in [0, 0.1) is 29.6 Å². The molecule has 0 bridgehead atoms. The zero-order valence-electron chi connectivity index (χ0n) is 51.4. The number of amides is 1. The summed E-state index contributed by atoms with van der Waals surface area (Å²) in [6.07, 6.45) is -12.2. The number of carbonyl (C=O) groups is 5. The summed E-state index contributed by atoms with van der Waals surface area (Å²) in [5, 5.41) is 25.8. The zero-order chi connectivity index (χ0) is 67.3. The SMILES string of the molecule is CC(C)C(=O)Nc1ncnc2c1ccn2[C@@H]1O[C@H](COc2ccc3ccc(C(F)(F)F)nc3c2)[C@@H](OC(=O)C(C)C)[C@H]1OC(=O)C(C)C.CC(C)C(=O)OC(=O)C(C)C.Nc1ncnc2c1ccn2[C@@H]1O[C@H](COc2ccc3ccc(C(F)(F)F)nc3c2)[C@@H](O)[C@H]1O. The smallest absolute Gasteiger partial charge is 0.433 e. The van der Waals surface area contributed by atoms with E-state index in [2.05, 4.69) is 40.0 Å². The van der Waals surface area contributed by atoms with E-state index < -0.39 is 109 Å². The molecule has 0 unspecified atom stereocenters. The lowest BCUT2D eigenvalue weighted by molar-refractivity contribution is -0.172. The number of rotatable bonds is 16. The molecule has 6 aromatic heterocycles. The number of pyridine rings is 2. The number of alkyl halides is 6. The third-order valence-corrected chi connectivity index (χ3v) is 14.3. The summed E-state index contributed by atoms with van der Waals surface area (Å²) in [5.74, 6) is -3.18. The van der Waals surface area contributed by atoms with Crippen molar-refractivity contribution in [1.82, 2.24) is 39.0 Å². The second-order valence-corrected chi connectivity index (χ2v) is 23.0. The van der Waals surface area contributed by atoms with Gasteiger partial charge in [-0.15, -0.1) is 0 Å². The van der Waals surface area contributed by atoms with Gasteiger partial charge >= 0.3 is 36.2 Å². The number of nitrogens with zero attached hydrogens (tertiary/aromatic N) is 8. The quantitative estimate of drug-likeness (QED) is 0.0303. The highest BCUT2D eigenvalue weighted by Crippen LogP contribution is 2.40. The first-order chi connectivity index (χ1) is 43.3. The van der Waals surface area contributed by atoms with Gasteiger partial charge in [-0.25, -0.2) is 29.9 Å². The normalized spacial score (nSPS) is 19.9. The topological polar surface area (TPSA) is 316 Å². The molecule has 0 radical (unpaired) electrons. The minimum absolute atomic E-state index is 0.0675. The molecule has 2 fully saturated rings. The van der Waals surface area contributed by atoms with Crippen LogP contribution < -0.4 is 20.5 Å². The van der Waals surface area contributed by atoms with Gasteiger partial charge < -0.3 is 63.6 Å². The summed E-state index contributed by atoms with van der Waals surface area (Å²) >= 11 is 0. The molecular weight excluding hydrogens is 1220 g/mol. The molecule has 8 aromatic rings. The number of carbonyl (C=O) groups excluding carboxylic acids is 5. The van der Waals surface area contributed by atoms with E-state index in [1.165, 1.54) is 36.9 Å². The molecule has 492 valence electrons. The summed E-state index contributed by atoms with van der Waals surface area (Å²) in [6, 6.07) is 16.8. The fraction of sp³-hybridized carbons (Fsp3) is 0.435. The largest absolute Gasteiger partial charge is 0.491 e. The Hall–Kier alpha value is -9.13. The van der Waals surface area contributed by atoms with E-state index in [9.17, 15) is 60.5 Å². The predicted octanol–water partition coefficient (Wildman–Crippen LogP) is 9.35. The van der Waals surface area contributed by atoms with E-state index in [0.29, 0.717) is 32.8 Å². The highest BCUT2D eigenvalue weighted by Gasteiger charge is 2.52. The van der Waals surface area contributed by atoms with Crippen LogP contribution in [0.15, 0.2) is 97.8 Å². The number of benzene rings is 2. The number of ether oxygens (including phenoxy) is 7. The first kappa shape index (κ1) is 68.8. The van der Waals surface area contributed by atoms with Crippen LogP contribution in [0.2, 0.25) is 0 Å². The Balaban J connectivity index is 0.000000213. The Bertz CT molecular complexity index is 3950. The molecule has 5 N–H and O–H groups in total. The van der Waals surface area contributed by atoms with E-state index in [0.717, 1.165) is 12.1 Å². The molecule has 2 aliphatic heterocycles. The molecule has 0 aliphatic carbocycles. The first-order valence-corrected chi connectivity index (χ1v) is 29.1. The van der Waals surface area contributed by atoms with Crippen molar-refractivity contribution in [3.05, 3.63) is 109 Å². The molecule has 2 aromatic carbocycles. The number of nitrogens with one attached hydrogen (secondary N) is 1. The van der Waals surface area contributed by atoms with Crippen LogP contribution in [-0.2, 0) is 60.0 Å². The van der Waals surface area contributed by atoms with Crippen molar-refractivity contribution in [3.63, 3.8) is 0 Å². The number of nitrogens with two attached hydrogens (primary N) is 1. The van der Waals surface area contributed by atoms with Gasteiger partial charge in [-0.3, -0.25) is 24.0 Å². The van der Waals surface area contributed by atoms with E-state index in [4.69, 9.17) is 34.2 Å². The van der Waals surface area contributed by atoms with Gasteiger partial charge in [0.15, 0.2) is 24.7 Å². The fourth-order valence-electron chi connectivity index (χ4n) is 9.08. The summed E-state index contributed by atoms with van der Waals surface area (Å²) in [5.41, 5.74) is 4.75. The Morgan fingerprint density at radius 2 is 1.00 bits per heavy atom. The highest BCUT2D eigenvalue weighted by molar-refractivity contribution is 5.99. The van der Waals surface area contributed by atoms with Crippen molar-refractivity contribution in [1.29, 1.82) is 0 Å². The molecule has 8 atom stereocenters. The van der Waals surface area contributed by atoms with Crippen LogP contribution >= 0.6 is 0 Å². The van der Waals surface area contributed by atoms with Gasteiger partial charge in [0.25, 0.3) is 0 Å². The molecule has 8 heterocycles. The van der Waals surface area contributed by atoms with Gasteiger partial charge in [0.2, 0.25) is 5.91 Å². The second-order valence-electron chi connectivity index (χ2n) is 23.0. The van der Waals surface area contributed by atoms with Crippen molar-refractivity contribution in [2.45, 2.75) is 131 Å². The molecular formula is C62H68F6N10O14. The lowest BCUT2D eigenvalue weighted by atomic mass is 10.1. The van der Waals surface area contributed by atoms with Gasteiger partial charge in [-0.2, -0.15) is 26.3 Å². The van der Waals surface area contributed by atoms with E-state index in [-0.39, 0.29) is 71.0 Å². The number of fused-ring (bicyclic) bond motifs is 4. The zero-order valence-corrected chi connectivity index (χ0v) is 51.4. The van der Waals surface area contributed by atoms with Gasteiger partial charge in [0.05, 0.1) is 45.5 Å². The number of halogens is 6. The minimum Gasteiger partial charge on any atom is -0.491 e. The van der Waals surface area contributed by atoms with Crippen molar-refractivity contribution in [2.24, 2.45) is 29.6 Å². The number of anilines is 2. The average Bonchev–Trinajstić information content (AvgIpc) is 1.60. The van der Waals surface area contributed by atoms with Crippen LogP contribution in [-0.4, -0.2) is 129 Å². The van der Waals surface area contributed by atoms with Crippen LogP contribution in [0.1, 0.15) is 93.1 Å². The Kier molecular flexibility index (Phi) is 21.4. The van der Waals surface area contributed by atoms with Gasteiger partial charge in [0.1, 0.15) is 96.1 Å².